The molecule has 10 rings (SSSR count). The van der Waals surface area contributed by atoms with Crippen LogP contribution in [0.3, 0.4) is 0 Å². The van der Waals surface area contributed by atoms with E-state index in [0.29, 0.717) is 0 Å². The number of nitrogens with zero attached hydrogens (tertiary/aromatic N) is 2. The lowest BCUT2D eigenvalue weighted by Gasteiger charge is -2.25. The van der Waals surface area contributed by atoms with Crippen LogP contribution in [0.4, 0.5) is 17.1 Å². The predicted octanol–water partition coefficient (Wildman–Crippen LogP) is 12.1. The molecular weight excluding hydrogens is 564 g/mol. The summed E-state index contributed by atoms with van der Waals surface area (Å²) in [6.07, 6.45) is 0. The molecule has 0 fully saturated rings. The highest BCUT2D eigenvalue weighted by atomic mass is 16.3. The first-order valence-corrected chi connectivity index (χ1v) is 15.5. The normalized spacial score (nSPS) is 11.9. The smallest absolute Gasteiger partial charge is 0.137 e. The fourth-order valence-corrected chi connectivity index (χ4v) is 7.11. The highest BCUT2D eigenvalue weighted by Crippen LogP contribution is 2.43. The summed E-state index contributed by atoms with van der Waals surface area (Å²) >= 11 is 0. The van der Waals surface area contributed by atoms with Crippen molar-refractivity contribution < 1.29 is 8.83 Å². The van der Waals surface area contributed by atoms with E-state index in [2.05, 4.69) is 143 Å². The number of rotatable bonds is 4. The summed E-state index contributed by atoms with van der Waals surface area (Å²) < 4.78 is 15.1. The van der Waals surface area contributed by atoms with E-state index < -0.39 is 0 Å². The Balaban J connectivity index is 1.24. The number of fused-ring (bicyclic) bond motifs is 9. The monoisotopic (exact) mass is 590 g/mol. The summed E-state index contributed by atoms with van der Waals surface area (Å²) in [6.45, 7) is 0. The van der Waals surface area contributed by atoms with Crippen molar-refractivity contribution in [3.63, 3.8) is 0 Å². The van der Waals surface area contributed by atoms with Gasteiger partial charge >= 0.3 is 0 Å². The van der Waals surface area contributed by atoms with Crippen molar-refractivity contribution in [2.45, 2.75) is 0 Å². The molecule has 0 bridgehead atoms. The zero-order valence-corrected chi connectivity index (χ0v) is 24.7. The van der Waals surface area contributed by atoms with Crippen molar-refractivity contribution in [2.75, 3.05) is 4.90 Å². The van der Waals surface area contributed by atoms with Gasteiger partial charge in [-0.05, 0) is 66.7 Å². The molecule has 46 heavy (non-hydrogen) atoms. The van der Waals surface area contributed by atoms with Crippen LogP contribution >= 0.6 is 0 Å². The Morgan fingerprint density at radius 1 is 0.348 bits per heavy atom. The molecule has 4 heteroatoms. The fraction of sp³-hybridized carbons (Fsp3) is 0. The first-order chi connectivity index (χ1) is 22.8. The molecular formula is C42H26N2O2. The van der Waals surface area contributed by atoms with Gasteiger partial charge in [-0.1, -0.05) is 78.9 Å². The van der Waals surface area contributed by atoms with Gasteiger partial charge in [0.05, 0.1) is 11.0 Å². The quantitative estimate of drug-likeness (QED) is 0.204. The molecule has 0 radical (unpaired) electrons. The molecule has 0 saturated heterocycles. The second-order valence-electron chi connectivity index (χ2n) is 11.8. The van der Waals surface area contributed by atoms with Gasteiger partial charge in [0.2, 0.25) is 0 Å². The van der Waals surface area contributed by atoms with Crippen LogP contribution in [0, 0.1) is 0 Å². The molecule has 10 aromatic rings. The average molecular weight is 591 g/mol. The van der Waals surface area contributed by atoms with Crippen LogP contribution in [-0.4, -0.2) is 4.57 Å². The predicted molar refractivity (Wildman–Crippen MR) is 190 cm³/mol. The minimum Gasteiger partial charge on any atom is -0.456 e. The van der Waals surface area contributed by atoms with Gasteiger partial charge in [0.25, 0.3) is 0 Å². The van der Waals surface area contributed by atoms with Gasteiger partial charge in [-0.3, -0.25) is 0 Å². The van der Waals surface area contributed by atoms with Crippen LogP contribution in [0.1, 0.15) is 0 Å². The van der Waals surface area contributed by atoms with E-state index in [-0.39, 0.29) is 0 Å². The van der Waals surface area contributed by atoms with Gasteiger partial charge in [-0.15, -0.1) is 0 Å². The number of anilines is 3. The highest BCUT2D eigenvalue weighted by Gasteiger charge is 2.20. The molecule has 3 aromatic heterocycles. The van der Waals surface area contributed by atoms with Gasteiger partial charge in [-0.25, -0.2) is 0 Å². The van der Waals surface area contributed by atoms with E-state index in [1.54, 1.807) is 0 Å². The summed E-state index contributed by atoms with van der Waals surface area (Å²) in [5, 5.41) is 6.88. The number of hydrogen-bond donors (Lipinski definition) is 0. The van der Waals surface area contributed by atoms with Crippen LogP contribution in [0.5, 0.6) is 0 Å². The van der Waals surface area contributed by atoms with Crippen molar-refractivity contribution >= 4 is 82.7 Å². The topological polar surface area (TPSA) is 34.5 Å². The third kappa shape index (κ3) is 3.67. The molecule has 216 valence electrons. The van der Waals surface area contributed by atoms with E-state index >= 15 is 0 Å². The molecule has 0 aliphatic rings. The molecule has 0 spiro atoms. The summed E-state index contributed by atoms with van der Waals surface area (Å²) in [5.41, 5.74) is 9.98. The van der Waals surface area contributed by atoms with E-state index in [0.717, 1.165) is 72.1 Å². The lowest BCUT2D eigenvalue weighted by molar-refractivity contribution is 0.669. The zero-order chi connectivity index (χ0) is 30.2. The van der Waals surface area contributed by atoms with Gasteiger partial charge in [0.15, 0.2) is 0 Å². The Morgan fingerprint density at radius 3 is 1.43 bits per heavy atom. The Kier molecular flexibility index (Phi) is 5.25. The van der Waals surface area contributed by atoms with Crippen molar-refractivity contribution in [1.82, 2.24) is 4.57 Å². The first kappa shape index (κ1) is 25.1. The van der Waals surface area contributed by atoms with Crippen LogP contribution in [0.2, 0.25) is 0 Å². The molecule has 0 saturated carbocycles. The van der Waals surface area contributed by atoms with Gasteiger partial charge < -0.3 is 18.3 Å². The average Bonchev–Trinajstić information content (AvgIpc) is 3.77. The molecule has 7 aromatic carbocycles. The van der Waals surface area contributed by atoms with E-state index in [4.69, 9.17) is 8.83 Å². The minimum atomic E-state index is 0.855. The highest BCUT2D eigenvalue weighted by molar-refractivity contribution is 6.11. The summed E-state index contributed by atoms with van der Waals surface area (Å²) in [6, 6.07) is 55.4. The van der Waals surface area contributed by atoms with Crippen molar-refractivity contribution in [2.24, 2.45) is 0 Å². The first-order valence-electron chi connectivity index (χ1n) is 15.5. The minimum absolute atomic E-state index is 0.855. The summed E-state index contributed by atoms with van der Waals surface area (Å²) in [4.78, 5) is 2.30. The second-order valence-corrected chi connectivity index (χ2v) is 11.8. The zero-order valence-electron chi connectivity index (χ0n) is 24.7. The van der Waals surface area contributed by atoms with Gasteiger partial charge in [-0.2, -0.15) is 0 Å². The summed E-state index contributed by atoms with van der Waals surface area (Å²) in [5.74, 6) is 0. The lowest BCUT2D eigenvalue weighted by Crippen LogP contribution is -2.10. The molecule has 0 amide bonds. The number of aromatic nitrogens is 1. The Bertz CT molecular complexity index is 2650. The fourth-order valence-electron chi connectivity index (χ4n) is 7.11. The Hall–Kier alpha value is -6.26. The molecule has 0 aliphatic heterocycles. The number of furan rings is 2. The largest absolute Gasteiger partial charge is 0.456 e. The number of benzene rings is 7. The van der Waals surface area contributed by atoms with Gasteiger partial charge in [0, 0.05) is 67.2 Å². The van der Waals surface area contributed by atoms with Crippen molar-refractivity contribution in [1.29, 1.82) is 0 Å². The Morgan fingerprint density at radius 2 is 0.804 bits per heavy atom. The SMILES string of the molecule is c1ccc(-n2c3ccccc3c3ccc(N(c4ccc5c(c4)oc4ccccc45)c4ccc5c(c4)oc4ccccc45)cc32)cc1. The maximum atomic E-state index is 6.36. The van der Waals surface area contributed by atoms with Gasteiger partial charge in [0.1, 0.15) is 22.3 Å². The Labute approximate surface area is 263 Å². The molecule has 0 N–H and O–H groups in total. The van der Waals surface area contributed by atoms with E-state index in [1.165, 1.54) is 16.3 Å². The van der Waals surface area contributed by atoms with Crippen LogP contribution in [0.25, 0.3) is 71.4 Å². The maximum Gasteiger partial charge on any atom is 0.137 e. The van der Waals surface area contributed by atoms with Crippen LogP contribution < -0.4 is 4.90 Å². The molecule has 0 atom stereocenters. The second kappa shape index (κ2) is 9.62. The van der Waals surface area contributed by atoms with Crippen LogP contribution in [0.15, 0.2) is 167 Å². The van der Waals surface area contributed by atoms with E-state index in [9.17, 15) is 0 Å². The van der Waals surface area contributed by atoms with Crippen molar-refractivity contribution in [3.8, 4) is 5.69 Å². The maximum absolute atomic E-state index is 6.36. The van der Waals surface area contributed by atoms with E-state index in [1.807, 2.05) is 24.3 Å². The van der Waals surface area contributed by atoms with Crippen LogP contribution in [-0.2, 0) is 0 Å². The summed E-state index contributed by atoms with van der Waals surface area (Å²) in [7, 11) is 0. The number of para-hydroxylation sites is 4. The third-order valence-electron chi connectivity index (χ3n) is 9.17. The lowest BCUT2D eigenvalue weighted by atomic mass is 10.1. The molecule has 0 aliphatic carbocycles. The van der Waals surface area contributed by atoms with Crippen molar-refractivity contribution in [3.05, 3.63) is 158 Å². The molecule has 4 nitrogen and oxygen atoms in total. The number of hydrogen-bond acceptors (Lipinski definition) is 3. The third-order valence-corrected chi connectivity index (χ3v) is 9.17. The molecule has 0 unspecified atom stereocenters. The molecule has 3 heterocycles. The standard InChI is InChI=1S/C42H26N2O2/c1-2-10-27(11-3-1)44-37-15-7-4-12-31(37)32-21-18-28(24-38(32)44)43(29-19-22-35-33-13-5-8-16-39(33)45-41(35)25-29)30-20-23-36-34-14-6-9-17-40(34)46-42(36)26-30/h1-26H.